The maximum Gasteiger partial charge on any atom is 0.142 e. The Hall–Kier alpha value is -2.68. The predicted octanol–water partition coefficient (Wildman–Crippen LogP) is 4.94. The van der Waals surface area contributed by atoms with E-state index in [2.05, 4.69) is 16.4 Å². The van der Waals surface area contributed by atoms with Gasteiger partial charge in [-0.05, 0) is 30.3 Å². The highest BCUT2D eigenvalue weighted by Crippen LogP contribution is 2.36. The van der Waals surface area contributed by atoms with Crippen LogP contribution in [0.25, 0.3) is 10.9 Å². The van der Waals surface area contributed by atoms with Crippen molar-refractivity contribution in [1.82, 2.24) is 4.98 Å². The predicted molar refractivity (Wildman–Crippen MR) is 102 cm³/mol. The van der Waals surface area contributed by atoms with Crippen LogP contribution in [0.15, 0.2) is 42.6 Å². The van der Waals surface area contributed by atoms with Gasteiger partial charge in [-0.15, -0.1) is 12.4 Å². The van der Waals surface area contributed by atoms with Gasteiger partial charge in [0.2, 0.25) is 0 Å². The van der Waals surface area contributed by atoms with Crippen LogP contribution in [0.3, 0.4) is 0 Å². The Morgan fingerprint density at radius 2 is 1.92 bits per heavy atom. The SMILES string of the molecule is COc1ccc(OC)c(Nc2c(C#N)cnc3ccc(Cl)cc23)c1.Cl. The van der Waals surface area contributed by atoms with E-state index in [0.29, 0.717) is 33.5 Å². The Balaban J connectivity index is 0.00000225. The Morgan fingerprint density at radius 3 is 2.60 bits per heavy atom. The molecular weight excluding hydrogens is 361 g/mol. The zero-order valence-corrected chi connectivity index (χ0v) is 15.1. The molecule has 1 N–H and O–H groups in total. The molecule has 1 heterocycles. The van der Waals surface area contributed by atoms with Gasteiger partial charge in [-0.1, -0.05) is 11.6 Å². The summed E-state index contributed by atoms with van der Waals surface area (Å²) in [5.74, 6) is 1.31. The molecule has 0 bridgehead atoms. The molecule has 3 rings (SSSR count). The third kappa shape index (κ3) is 3.71. The van der Waals surface area contributed by atoms with Gasteiger partial charge in [-0.25, -0.2) is 0 Å². The number of aromatic nitrogens is 1. The van der Waals surface area contributed by atoms with E-state index in [-0.39, 0.29) is 12.4 Å². The first-order valence-corrected chi connectivity index (χ1v) is 7.51. The normalized spacial score (nSPS) is 9.84. The number of anilines is 2. The topological polar surface area (TPSA) is 67.2 Å². The number of halogens is 2. The molecule has 128 valence electrons. The second-order valence-corrected chi connectivity index (χ2v) is 5.45. The van der Waals surface area contributed by atoms with Gasteiger partial charge in [0.05, 0.1) is 36.7 Å². The maximum absolute atomic E-state index is 9.43. The smallest absolute Gasteiger partial charge is 0.142 e. The Bertz CT molecular complexity index is 955. The van der Waals surface area contributed by atoms with Gasteiger partial charge < -0.3 is 14.8 Å². The second-order valence-electron chi connectivity index (χ2n) is 5.01. The lowest BCUT2D eigenvalue weighted by molar-refractivity contribution is 0.405. The Kier molecular flexibility index (Phi) is 5.92. The lowest BCUT2D eigenvalue weighted by atomic mass is 10.1. The van der Waals surface area contributed by atoms with Crippen LogP contribution in [-0.4, -0.2) is 19.2 Å². The van der Waals surface area contributed by atoms with Gasteiger partial charge in [0.15, 0.2) is 0 Å². The molecule has 0 aliphatic heterocycles. The van der Waals surface area contributed by atoms with Gasteiger partial charge in [0.25, 0.3) is 0 Å². The van der Waals surface area contributed by atoms with E-state index < -0.39 is 0 Å². The van der Waals surface area contributed by atoms with Crippen LogP contribution >= 0.6 is 24.0 Å². The van der Waals surface area contributed by atoms with E-state index in [1.807, 2.05) is 6.07 Å². The lowest BCUT2D eigenvalue weighted by Crippen LogP contribution is -1.99. The van der Waals surface area contributed by atoms with Gasteiger partial charge in [0, 0.05) is 22.7 Å². The monoisotopic (exact) mass is 375 g/mol. The van der Waals surface area contributed by atoms with Crippen LogP contribution in [-0.2, 0) is 0 Å². The minimum atomic E-state index is 0. The zero-order valence-electron chi connectivity index (χ0n) is 13.5. The number of nitrogens with one attached hydrogen (secondary N) is 1. The summed E-state index contributed by atoms with van der Waals surface area (Å²) in [5.41, 5.74) is 2.45. The summed E-state index contributed by atoms with van der Waals surface area (Å²) in [7, 11) is 3.17. The van der Waals surface area contributed by atoms with Crippen LogP contribution in [0.4, 0.5) is 11.4 Å². The summed E-state index contributed by atoms with van der Waals surface area (Å²) < 4.78 is 10.6. The average Bonchev–Trinajstić information content (AvgIpc) is 2.62. The van der Waals surface area contributed by atoms with Gasteiger partial charge >= 0.3 is 0 Å². The number of hydrogen-bond acceptors (Lipinski definition) is 5. The number of fused-ring (bicyclic) bond motifs is 1. The molecule has 0 aliphatic rings. The van der Waals surface area contributed by atoms with Crippen molar-refractivity contribution in [2.24, 2.45) is 0 Å². The highest BCUT2D eigenvalue weighted by molar-refractivity contribution is 6.31. The van der Waals surface area contributed by atoms with Crippen LogP contribution < -0.4 is 14.8 Å². The van der Waals surface area contributed by atoms with Crippen LogP contribution in [0.1, 0.15) is 5.56 Å². The second kappa shape index (κ2) is 7.93. The van der Waals surface area contributed by atoms with E-state index >= 15 is 0 Å². The first-order valence-electron chi connectivity index (χ1n) is 7.13. The average molecular weight is 376 g/mol. The molecule has 0 amide bonds. The van der Waals surface area contributed by atoms with E-state index in [4.69, 9.17) is 21.1 Å². The number of hydrogen-bond donors (Lipinski definition) is 1. The summed E-state index contributed by atoms with van der Waals surface area (Å²) in [5, 5.41) is 14.0. The fraction of sp³-hybridized carbons (Fsp3) is 0.111. The molecule has 25 heavy (non-hydrogen) atoms. The lowest BCUT2D eigenvalue weighted by Gasteiger charge is -2.15. The van der Waals surface area contributed by atoms with Crippen molar-refractivity contribution >= 4 is 46.3 Å². The molecule has 1 aromatic heterocycles. The van der Waals surface area contributed by atoms with E-state index in [1.54, 1.807) is 44.6 Å². The molecule has 3 aromatic rings. The molecular formula is C18H15Cl2N3O2. The summed E-state index contributed by atoms with van der Waals surface area (Å²) in [6.07, 6.45) is 1.53. The third-order valence-electron chi connectivity index (χ3n) is 3.62. The number of nitriles is 1. The number of ether oxygens (including phenoxy) is 2. The van der Waals surface area contributed by atoms with Crippen molar-refractivity contribution in [2.75, 3.05) is 19.5 Å². The molecule has 0 aliphatic carbocycles. The third-order valence-corrected chi connectivity index (χ3v) is 3.85. The first-order chi connectivity index (χ1) is 11.7. The molecule has 0 fully saturated rings. The zero-order chi connectivity index (χ0) is 17.1. The fourth-order valence-corrected chi connectivity index (χ4v) is 2.60. The maximum atomic E-state index is 9.43. The molecule has 0 saturated heterocycles. The number of rotatable bonds is 4. The van der Waals surface area contributed by atoms with Gasteiger partial charge in [-0.2, -0.15) is 5.26 Å². The summed E-state index contributed by atoms with van der Waals surface area (Å²) >= 11 is 6.11. The van der Waals surface area contributed by atoms with Crippen molar-refractivity contribution in [3.63, 3.8) is 0 Å². The molecule has 5 nitrogen and oxygen atoms in total. The minimum Gasteiger partial charge on any atom is -0.497 e. The largest absolute Gasteiger partial charge is 0.497 e. The summed E-state index contributed by atoms with van der Waals surface area (Å²) in [4.78, 5) is 4.29. The molecule has 0 atom stereocenters. The van der Waals surface area contributed by atoms with Crippen molar-refractivity contribution in [3.8, 4) is 17.6 Å². The molecule has 0 spiro atoms. The number of pyridine rings is 1. The van der Waals surface area contributed by atoms with Crippen molar-refractivity contribution in [3.05, 3.63) is 53.2 Å². The quantitative estimate of drug-likeness (QED) is 0.698. The molecule has 2 aromatic carbocycles. The van der Waals surface area contributed by atoms with E-state index in [1.165, 1.54) is 6.20 Å². The summed E-state index contributed by atoms with van der Waals surface area (Å²) in [6, 6.07) is 12.9. The molecule has 0 saturated carbocycles. The van der Waals surface area contributed by atoms with Crippen molar-refractivity contribution in [2.45, 2.75) is 0 Å². The highest BCUT2D eigenvalue weighted by atomic mass is 35.5. The first kappa shape index (κ1) is 18.7. The Labute approximate surface area is 156 Å². The molecule has 0 radical (unpaired) electrons. The van der Waals surface area contributed by atoms with Crippen molar-refractivity contribution in [1.29, 1.82) is 5.26 Å². The number of benzene rings is 2. The van der Waals surface area contributed by atoms with Crippen molar-refractivity contribution < 1.29 is 9.47 Å². The fourth-order valence-electron chi connectivity index (χ4n) is 2.43. The van der Waals surface area contributed by atoms with E-state index in [0.717, 1.165) is 10.9 Å². The van der Waals surface area contributed by atoms with Crippen LogP contribution in [0.5, 0.6) is 11.5 Å². The number of methoxy groups -OCH3 is 2. The van der Waals surface area contributed by atoms with E-state index in [9.17, 15) is 5.26 Å². The summed E-state index contributed by atoms with van der Waals surface area (Å²) in [6.45, 7) is 0. The van der Waals surface area contributed by atoms with Gasteiger partial charge in [0.1, 0.15) is 17.6 Å². The highest BCUT2D eigenvalue weighted by Gasteiger charge is 2.13. The minimum absolute atomic E-state index is 0. The molecule has 7 heteroatoms. The standard InChI is InChI=1S/C18H14ClN3O2.ClH/c1-23-13-4-6-17(24-2)16(8-13)22-18-11(9-20)10-21-15-5-3-12(19)7-14(15)18;/h3-8,10H,1-2H3,(H,21,22);1H. The number of nitrogens with zero attached hydrogens (tertiary/aromatic N) is 2. The van der Waals surface area contributed by atoms with Crippen LogP contribution in [0.2, 0.25) is 5.02 Å². The van der Waals surface area contributed by atoms with Gasteiger partial charge in [-0.3, -0.25) is 4.98 Å². The molecule has 0 unspecified atom stereocenters. The Morgan fingerprint density at radius 1 is 1.12 bits per heavy atom. The van der Waals surface area contributed by atoms with Crippen LogP contribution in [0, 0.1) is 11.3 Å².